The second-order valence-electron chi connectivity index (χ2n) is 4.28. The molecule has 0 amide bonds. The van der Waals surface area contributed by atoms with E-state index in [9.17, 15) is 4.39 Å². The van der Waals surface area contributed by atoms with E-state index in [0.717, 1.165) is 23.4 Å². The first-order valence-electron chi connectivity index (χ1n) is 6.12. The largest absolute Gasteiger partial charge is 0.306 e. The molecule has 2 nitrogen and oxygen atoms in total. The van der Waals surface area contributed by atoms with Crippen LogP contribution >= 0.6 is 0 Å². The lowest BCUT2D eigenvalue weighted by molar-refractivity contribution is 0.612. The van der Waals surface area contributed by atoms with Gasteiger partial charge in [0.25, 0.3) is 0 Å². The Morgan fingerprint density at radius 3 is 2.33 bits per heavy atom. The van der Waals surface area contributed by atoms with E-state index in [1.807, 2.05) is 31.3 Å². The molecule has 0 aliphatic rings. The zero-order valence-electron chi connectivity index (χ0n) is 10.7. The molecule has 1 aromatic carbocycles. The molecule has 1 heterocycles. The minimum atomic E-state index is -0.212. The summed E-state index contributed by atoms with van der Waals surface area (Å²) in [5.74, 6) is -0.212. The van der Waals surface area contributed by atoms with Gasteiger partial charge in [-0.1, -0.05) is 25.1 Å². The molecule has 3 heteroatoms. The van der Waals surface area contributed by atoms with Crippen molar-refractivity contribution in [2.24, 2.45) is 0 Å². The molecule has 0 saturated heterocycles. The quantitative estimate of drug-likeness (QED) is 0.893. The van der Waals surface area contributed by atoms with Crippen molar-refractivity contribution in [2.75, 3.05) is 6.54 Å². The SMILES string of the molecule is CCNC(c1ccc(F)cc1)c1ccc(C)nc1. The van der Waals surface area contributed by atoms with E-state index >= 15 is 0 Å². The molecular weight excluding hydrogens is 227 g/mol. The monoisotopic (exact) mass is 244 g/mol. The molecule has 1 N–H and O–H groups in total. The summed E-state index contributed by atoms with van der Waals surface area (Å²) in [5, 5.41) is 3.39. The van der Waals surface area contributed by atoms with Gasteiger partial charge in [0.1, 0.15) is 5.82 Å². The van der Waals surface area contributed by atoms with E-state index in [1.165, 1.54) is 12.1 Å². The summed E-state index contributed by atoms with van der Waals surface area (Å²) in [6, 6.07) is 10.7. The average molecular weight is 244 g/mol. The maximum atomic E-state index is 13.0. The fourth-order valence-corrected chi connectivity index (χ4v) is 1.94. The van der Waals surface area contributed by atoms with Crippen LogP contribution in [0.4, 0.5) is 4.39 Å². The molecule has 0 aliphatic heterocycles. The topological polar surface area (TPSA) is 24.9 Å². The summed E-state index contributed by atoms with van der Waals surface area (Å²) in [4.78, 5) is 4.31. The van der Waals surface area contributed by atoms with E-state index < -0.39 is 0 Å². The Labute approximate surface area is 107 Å². The van der Waals surface area contributed by atoms with Crippen molar-refractivity contribution >= 4 is 0 Å². The molecule has 1 atom stereocenters. The van der Waals surface area contributed by atoms with Crippen LogP contribution in [0, 0.1) is 12.7 Å². The number of aryl methyl sites for hydroxylation is 1. The molecule has 0 bridgehead atoms. The van der Waals surface area contributed by atoms with Gasteiger partial charge in [0, 0.05) is 11.9 Å². The number of halogens is 1. The van der Waals surface area contributed by atoms with Crippen LogP contribution in [0.2, 0.25) is 0 Å². The van der Waals surface area contributed by atoms with Gasteiger partial charge in [0.05, 0.1) is 6.04 Å². The third-order valence-corrected chi connectivity index (χ3v) is 2.88. The van der Waals surface area contributed by atoms with Gasteiger partial charge < -0.3 is 5.32 Å². The third kappa shape index (κ3) is 2.93. The number of rotatable bonds is 4. The lowest BCUT2D eigenvalue weighted by Gasteiger charge is -2.18. The predicted molar refractivity (Wildman–Crippen MR) is 70.9 cm³/mol. The summed E-state index contributed by atoms with van der Waals surface area (Å²) >= 11 is 0. The number of nitrogens with zero attached hydrogens (tertiary/aromatic N) is 1. The molecule has 2 aromatic rings. The summed E-state index contributed by atoms with van der Waals surface area (Å²) in [6.07, 6.45) is 1.87. The van der Waals surface area contributed by atoms with Crippen LogP contribution in [0.1, 0.15) is 29.8 Å². The van der Waals surface area contributed by atoms with Crippen molar-refractivity contribution < 1.29 is 4.39 Å². The van der Waals surface area contributed by atoms with Gasteiger partial charge in [-0.2, -0.15) is 0 Å². The van der Waals surface area contributed by atoms with Crippen LogP contribution in [0.3, 0.4) is 0 Å². The highest BCUT2D eigenvalue weighted by molar-refractivity contribution is 5.30. The minimum Gasteiger partial charge on any atom is -0.306 e. The Morgan fingerprint density at radius 1 is 1.11 bits per heavy atom. The van der Waals surface area contributed by atoms with Gasteiger partial charge in [0.15, 0.2) is 0 Å². The maximum Gasteiger partial charge on any atom is 0.123 e. The van der Waals surface area contributed by atoms with Crippen LogP contribution in [0.5, 0.6) is 0 Å². The van der Waals surface area contributed by atoms with E-state index in [4.69, 9.17) is 0 Å². The Hall–Kier alpha value is -1.74. The summed E-state index contributed by atoms with van der Waals surface area (Å²) < 4.78 is 13.0. The fourth-order valence-electron chi connectivity index (χ4n) is 1.94. The molecule has 0 aliphatic carbocycles. The Balaban J connectivity index is 2.33. The molecular formula is C15H17FN2. The standard InChI is InChI=1S/C15H17FN2/c1-3-17-15(12-6-8-14(16)9-7-12)13-5-4-11(2)18-10-13/h4-10,15,17H,3H2,1-2H3. The number of benzene rings is 1. The molecule has 1 aromatic heterocycles. The predicted octanol–water partition coefficient (Wildman–Crippen LogP) is 3.23. The number of hydrogen-bond acceptors (Lipinski definition) is 2. The normalized spacial score (nSPS) is 12.4. The average Bonchev–Trinajstić information content (AvgIpc) is 2.39. The molecule has 0 spiro atoms. The van der Waals surface area contributed by atoms with Crippen LogP contribution in [-0.2, 0) is 0 Å². The van der Waals surface area contributed by atoms with Crippen LogP contribution < -0.4 is 5.32 Å². The molecule has 1 unspecified atom stereocenters. The zero-order valence-corrected chi connectivity index (χ0v) is 10.7. The van der Waals surface area contributed by atoms with E-state index in [0.29, 0.717) is 0 Å². The van der Waals surface area contributed by atoms with E-state index in [-0.39, 0.29) is 11.9 Å². The van der Waals surface area contributed by atoms with Crippen molar-refractivity contribution in [1.82, 2.24) is 10.3 Å². The van der Waals surface area contributed by atoms with Gasteiger partial charge in [-0.05, 0) is 42.8 Å². The first-order valence-corrected chi connectivity index (χ1v) is 6.12. The van der Waals surface area contributed by atoms with E-state index in [1.54, 1.807) is 0 Å². The van der Waals surface area contributed by atoms with Crippen LogP contribution in [0.25, 0.3) is 0 Å². The minimum absolute atomic E-state index is 0.0590. The molecule has 2 rings (SSSR count). The maximum absolute atomic E-state index is 13.0. The highest BCUT2D eigenvalue weighted by Crippen LogP contribution is 2.21. The van der Waals surface area contributed by atoms with Crippen molar-refractivity contribution in [3.8, 4) is 0 Å². The lowest BCUT2D eigenvalue weighted by atomic mass is 10.00. The van der Waals surface area contributed by atoms with E-state index in [2.05, 4.69) is 23.3 Å². The smallest absolute Gasteiger partial charge is 0.123 e. The van der Waals surface area contributed by atoms with Gasteiger partial charge in [-0.15, -0.1) is 0 Å². The number of hydrogen-bond donors (Lipinski definition) is 1. The van der Waals surface area contributed by atoms with Crippen LogP contribution in [0.15, 0.2) is 42.6 Å². The van der Waals surface area contributed by atoms with Gasteiger partial charge >= 0.3 is 0 Å². The second kappa shape index (κ2) is 5.74. The van der Waals surface area contributed by atoms with Crippen molar-refractivity contribution in [3.63, 3.8) is 0 Å². The third-order valence-electron chi connectivity index (χ3n) is 2.88. The van der Waals surface area contributed by atoms with Crippen molar-refractivity contribution in [2.45, 2.75) is 19.9 Å². The Kier molecular flexibility index (Phi) is 4.05. The lowest BCUT2D eigenvalue weighted by Crippen LogP contribution is -2.22. The fraction of sp³-hybridized carbons (Fsp3) is 0.267. The highest BCUT2D eigenvalue weighted by atomic mass is 19.1. The first kappa shape index (κ1) is 12.7. The Morgan fingerprint density at radius 2 is 1.78 bits per heavy atom. The van der Waals surface area contributed by atoms with Crippen molar-refractivity contribution in [3.05, 3.63) is 65.2 Å². The summed E-state index contributed by atoms with van der Waals surface area (Å²) in [6.45, 7) is 4.86. The Bertz CT molecular complexity index is 445. The number of aromatic nitrogens is 1. The summed E-state index contributed by atoms with van der Waals surface area (Å²) in [7, 11) is 0. The molecule has 0 radical (unpaired) electrons. The van der Waals surface area contributed by atoms with Crippen LogP contribution in [-0.4, -0.2) is 11.5 Å². The number of nitrogens with one attached hydrogen (secondary N) is 1. The second-order valence-corrected chi connectivity index (χ2v) is 4.28. The summed E-state index contributed by atoms with van der Waals surface area (Å²) in [5.41, 5.74) is 3.13. The van der Waals surface area contributed by atoms with Gasteiger partial charge in [-0.25, -0.2) is 4.39 Å². The molecule has 0 saturated carbocycles. The molecule has 94 valence electrons. The van der Waals surface area contributed by atoms with Gasteiger partial charge in [-0.3, -0.25) is 4.98 Å². The number of pyridine rings is 1. The molecule has 0 fully saturated rings. The first-order chi connectivity index (χ1) is 8.70. The van der Waals surface area contributed by atoms with Crippen molar-refractivity contribution in [1.29, 1.82) is 0 Å². The molecule has 18 heavy (non-hydrogen) atoms. The van der Waals surface area contributed by atoms with Gasteiger partial charge in [0.2, 0.25) is 0 Å². The highest BCUT2D eigenvalue weighted by Gasteiger charge is 2.12. The zero-order chi connectivity index (χ0) is 13.0.